The predicted octanol–water partition coefficient (Wildman–Crippen LogP) is 2.65. The Kier molecular flexibility index (Phi) is 5.50. The number of methoxy groups -OCH3 is 1. The summed E-state index contributed by atoms with van der Waals surface area (Å²) in [7, 11) is 1.58. The molecular weight excluding hydrogens is 278 g/mol. The summed E-state index contributed by atoms with van der Waals surface area (Å²) in [4.78, 5) is 18.3. The van der Waals surface area contributed by atoms with Gasteiger partial charge in [-0.05, 0) is 35.9 Å². The first-order valence-electron chi connectivity index (χ1n) is 6.94. The summed E-state index contributed by atoms with van der Waals surface area (Å²) in [6, 6.07) is 12.8. The number of carbonyl (C=O) groups is 1. The molecule has 0 aliphatic carbocycles. The first-order chi connectivity index (χ1) is 10.7. The minimum Gasteiger partial charge on any atom is -0.497 e. The Labute approximate surface area is 129 Å². The zero-order chi connectivity index (χ0) is 15.8. The highest BCUT2D eigenvalue weighted by molar-refractivity contribution is 5.94. The van der Waals surface area contributed by atoms with Crippen LogP contribution in [0.1, 0.15) is 22.3 Å². The van der Waals surface area contributed by atoms with Crippen LogP contribution in [0.5, 0.6) is 5.75 Å². The minimum atomic E-state index is -0.109. The molecule has 1 aromatic carbocycles. The van der Waals surface area contributed by atoms with Crippen molar-refractivity contribution in [2.45, 2.75) is 13.0 Å². The fraction of sp³-hybridized carbons (Fsp3) is 0.235. The van der Waals surface area contributed by atoms with Gasteiger partial charge in [-0.25, -0.2) is 0 Å². The van der Waals surface area contributed by atoms with E-state index in [-0.39, 0.29) is 5.91 Å². The molecule has 0 saturated heterocycles. The molecule has 0 radical (unpaired) electrons. The highest BCUT2D eigenvalue weighted by Crippen LogP contribution is 2.15. The van der Waals surface area contributed by atoms with Crippen molar-refractivity contribution in [2.24, 2.45) is 0 Å². The Bertz CT molecular complexity index is 648. The first-order valence-corrected chi connectivity index (χ1v) is 6.94. The molecule has 5 nitrogen and oxygen atoms in total. The third kappa shape index (κ3) is 4.06. The van der Waals surface area contributed by atoms with Gasteiger partial charge >= 0.3 is 0 Å². The average molecular weight is 295 g/mol. The van der Waals surface area contributed by atoms with Crippen LogP contribution in [0, 0.1) is 11.3 Å². The van der Waals surface area contributed by atoms with Crippen molar-refractivity contribution in [1.82, 2.24) is 9.88 Å². The third-order valence-electron chi connectivity index (χ3n) is 3.21. The number of hydrogen-bond donors (Lipinski definition) is 0. The zero-order valence-corrected chi connectivity index (χ0v) is 12.4. The quantitative estimate of drug-likeness (QED) is 0.821. The molecule has 0 saturated carbocycles. The van der Waals surface area contributed by atoms with Gasteiger partial charge in [0.25, 0.3) is 5.91 Å². The van der Waals surface area contributed by atoms with Crippen molar-refractivity contribution in [2.75, 3.05) is 13.7 Å². The highest BCUT2D eigenvalue weighted by atomic mass is 16.5. The number of carbonyl (C=O) groups excluding carboxylic acids is 1. The van der Waals surface area contributed by atoms with Gasteiger partial charge in [0, 0.05) is 31.0 Å². The van der Waals surface area contributed by atoms with Crippen LogP contribution in [0.3, 0.4) is 0 Å². The molecule has 5 heteroatoms. The molecule has 2 rings (SSSR count). The van der Waals surface area contributed by atoms with Crippen LogP contribution < -0.4 is 4.74 Å². The second-order valence-electron chi connectivity index (χ2n) is 4.72. The average Bonchev–Trinajstić information content (AvgIpc) is 2.59. The largest absolute Gasteiger partial charge is 0.497 e. The number of nitriles is 1. The van der Waals surface area contributed by atoms with Gasteiger partial charge in [0.1, 0.15) is 5.75 Å². The lowest BCUT2D eigenvalue weighted by molar-refractivity contribution is 0.0746. The predicted molar refractivity (Wildman–Crippen MR) is 82.2 cm³/mol. The molecule has 1 aromatic heterocycles. The zero-order valence-electron chi connectivity index (χ0n) is 12.4. The van der Waals surface area contributed by atoms with Gasteiger partial charge in [-0.3, -0.25) is 9.78 Å². The molecule has 0 atom stereocenters. The maximum atomic E-state index is 12.6. The molecule has 112 valence electrons. The highest BCUT2D eigenvalue weighted by Gasteiger charge is 2.16. The number of pyridine rings is 1. The number of hydrogen-bond acceptors (Lipinski definition) is 4. The van der Waals surface area contributed by atoms with Gasteiger partial charge in [0.15, 0.2) is 0 Å². The standard InChI is InChI=1S/C17H17N3O2/c1-22-16-7-5-15(6-8-16)17(21)20(11-3-9-18)13-14-4-2-10-19-12-14/h2,4-8,10,12H,3,11,13H2,1H3. The van der Waals surface area contributed by atoms with Gasteiger partial charge < -0.3 is 9.64 Å². The van der Waals surface area contributed by atoms with Gasteiger partial charge in [0.05, 0.1) is 19.6 Å². The SMILES string of the molecule is COc1ccc(C(=O)N(CCC#N)Cc2cccnc2)cc1. The smallest absolute Gasteiger partial charge is 0.254 e. The van der Waals surface area contributed by atoms with Crippen LogP contribution in [-0.2, 0) is 6.54 Å². The molecule has 2 aromatic rings. The van der Waals surface area contributed by atoms with Crippen molar-refractivity contribution in [3.63, 3.8) is 0 Å². The molecule has 1 amide bonds. The number of rotatable bonds is 6. The van der Waals surface area contributed by atoms with E-state index in [2.05, 4.69) is 11.1 Å². The van der Waals surface area contributed by atoms with Crippen LogP contribution >= 0.6 is 0 Å². The van der Waals surface area contributed by atoms with Gasteiger partial charge in [-0.1, -0.05) is 6.07 Å². The Balaban J connectivity index is 2.16. The van der Waals surface area contributed by atoms with Crippen LogP contribution in [0.2, 0.25) is 0 Å². The van der Waals surface area contributed by atoms with Crippen molar-refractivity contribution in [3.8, 4) is 11.8 Å². The summed E-state index contributed by atoms with van der Waals surface area (Å²) in [6.07, 6.45) is 3.71. The summed E-state index contributed by atoms with van der Waals surface area (Å²) in [6.45, 7) is 0.816. The van der Waals surface area contributed by atoms with E-state index in [9.17, 15) is 4.79 Å². The third-order valence-corrected chi connectivity index (χ3v) is 3.21. The first kappa shape index (κ1) is 15.5. The minimum absolute atomic E-state index is 0.109. The molecule has 1 heterocycles. The number of benzene rings is 1. The topological polar surface area (TPSA) is 66.2 Å². The lowest BCUT2D eigenvalue weighted by Gasteiger charge is -2.21. The van der Waals surface area contributed by atoms with Gasteiger partial charge in [0.2, 0.25) is 0 Å². The van der Waals surface area contributed by atoms with E-state index >= 15 is 0 Å². The van der Waals surface area contributed by atoms with Crippen LogP contribution in [-0.4, -0.2) is 29.4 Å². The maximum absolute atomic E-state index is 12.6. The molecular formula is C17H17N3O2. The van der Waals surface area contributed by atoms with Crippen molar-refractivity contribution >= 4 is 5.91 Å². The maximum Gasteiger partial charge on any atom is 0.254 e. The van der Waals surface area contributed by atoms with Crippen LogP contribution in [0.15, 0.2) is 48.8 Å². The van der Waals surface area contributed by atoms with Crippen molar-refractivity contribution < 1.29 is 9.53 Å². The fourth-order valence-corrected chi connectivity index (χ4v) is 2.07. The number of amides is 1. The molecule has 0 spiro atoms. The monoisotopic (exact) mass is 295 g/mol. The number of ether oxygens (including phenoxy) is 1. The molecule has 0 fully saturated rings. The summed E-state index contributed by atoms with van der Waals surface area (Å²) in [5, 5.41) is 8.79. The fourth-order valence-electron chi connectivity index (χ4n) is 2.07. The van der Waals surface area contributed by atoms with Crippen LogP contribution in [0.25, 0.3) is 0 Å². The Hall–Kier alpha value is -2.87. The summed E-state index contributed by atoms with van der Waals surface area (Å²) < 4.78 is 5.09. The van der Waals surface area contributed by atoms with E-state index in [1.807, 2.05) is 12.1 Å². The van der Waals surface area contributed by atoms with E-state index in [1.165, 1.54) is 0 Å². The van der Waals surface area contributed by atoms with E-state index in [0.29, 0.717) is 30.8 Å². The molecule has 0 aliphatic heterocycles. The van der Waals surface area contributed by atoms with E-state index < -0.39 is 0 Å². The molecule has 0 unspecified atom stereocenters. The summed E-state index contributed by atoms with van der Waals surface area (Å²) in [5.74, 6) is 0.592. The molecule has 22 heavy (non-hydrogen) atoms. The number of nitrogens with zero attached hydrogens (tertiary/aromatic N) is 3. The van der Waals surface area contributed by atoms with E-state index in [0.717, 1.165) is 5.56 Å². The molecule has 0 aliphatic rings. The van der Waals surface area contributed by atoms with Gasteiger partial charge in [-0.15, -0.1) is 0 Å². The molecule has 0 bridgehead atoms. The van der Waals surface area contributed by atoms with Crippen molar-refractivity contribution in [3.05, 3.63) is 59.9 Å². The Morgan fingerprint density at radius 1 is 1.32 bits per heavy atom. The second-order valence-corrected chi connectivity index (χ2v) is 4.72. The van der Waals surface area contributed by atoms with Crippen molar-refractivity contribution in [1.29, 1.82) is 5.26 Å². The van der Waals surface area contributed by atoms with Crippen LogP contribution in [0.4, 0.5) is 0 Å². The lowest BCUT2D eigenvalue weighted by Crippen LogP contribution is -2.31. The number of aromatic nitrogens is 1. The normalized spacial score (nSPS) is 9.82. The Morgan fingerprint density at radius 3 is 2.68 bits per heavy atom. The Morgan fingerprint density at radius 2 is 2.09 bits per heavy atom. The van der Waals surface area contributed by atoms with E-state index in [4.69, 9.17) is 10.00 Å². The summed E-state index contributed by atoms with van der Waals surface area (Å²) in [5.41, 5.74) is 1.50. The molecule has 0 N–H and O–H groups in total. The lowest BCUT2D eigenvalue weighted by atomic mass is 10.1. The second kappa shape index (κ2) is 7.79. The summed E-state index contributed by atoms with van der Waals surface area (Å²) >= 11 is 0. The van der Waals surface area contributed by atoms with E-state index in [1.54, 1.807) is 48.7 Å². The van der Waals surface area contributed by atoms with Gasteiger partial charge in [-0.2, -0.15) is 5.26 Å².